The highest BCUT2D eigenvalue weighted by molar-refractivity contribution is 4.71. The van der Waals surface area contributed by atoms with Crippen LogP contribution in [-0.2, 0) is 0 Å². The lowest BCUT2D eigenvalue weighted by Crippen LogP contribution is -2.58. The standard InChI is InChI=1S/C13H31N3/c1-7-14(8-2)13(15(9-3)10-4)16(11-5)12-6/h13H,7-12H2,1-6H3. The highest BCUT2D eigenvalue weighted by Crippen LogP contribution is 2.11. The van der Waals surface area contributed by atoms with Gasteiger partial charge in [-0.15, -0.1) is 0 Å². The van der Waals surface area contributed by atoms with Gasteiger partial charge in [-0.05, 0) is 39.3 Å². The molecule has 0 atom stereocenters. The van der Waals surface area contributed by atoms with Gasteiger partial charge in [0.25, 0.3) is 0 Å². The molecule has 0 heterocycles. The molecule has 98 valence electrons. The minimum absolute atomic E-state index is 0.472. The van der Waals surface area contributed by atoms with Crippen LogP contribution in [0.2, 0.25) is 0 Å². The summed E-state index contributed by atoms with van der Waals surface area (Å²) in [6, 6.07) is 0. The van der Waals surface area contributed by atoms with Crippen LogP contribution in [0.1, 0.15) is 41.5 Å². The molecule has 0 aliphatic rings. The molecule has 0 aromatic carbocycles. The summed E-state index contributed by atoms with van der Waals surface area (Å²) in [6.45, 7) is 20.2. The topological polar surface area (TPSA) is 9.72 Å². The molecule has 0 radical (unpaired) electrons. The van der Waals surface area contributed by atoms with Crippen molar-refractivity contribution in [2.24, 2.45) is 0 Å². The van der Waals surface area contributed by atoms with Crippen molar-refractivity contribution < 1.29 is 0 Å². The van der Waals surface area contributed by atoms with E-state index in [4.69, 9.17) is 0 Å². The van der Waals surface area contributed by atoms with Crippen LogP contribution in [0.5, 0.6) is 0 Å². The van der Waals surface area contributed by atoms with E-state index in [1.165, 1.54) is 0 Å². The van der Waals surface area contributed by atoms with Gasteiger partial charge < -0.3 is 0 Å². The second kappa shape index (κ2) is 8.97. The summed E-state index contributed by atoms with van der Waals surface area (Å²) in [7, 11) is 0. The first-order valence-corrected chi connectivity index (χ1v) is 6.91. The Kier molecular flexibility index (Phi) is 8.90. The van der Waals surface area contributed by atoms with E-state index < -0.39 is 0 Å². The monoisotopic (exact) mass is 229 g/mol. The van der Waals surface area contributed by atoms with Gasteiger partial charge in [-0.25, -0.2) is 0 Å². The maximum Gasteiger partial charge on any atom is 0.119 e. The molecule has 0 amide bonds. The molecule has 0 fully saturated rings. The molecule has 3 nitrogen and oxygen atoms in total. The highest BCUT2D eigenvalue weighted by Gasteiger charge is 2.25. The predicted molar refractivity (Wildman–Crippen MR) is 72.6 cm³/mol. The van der Waals surface area contributed by atoms with Gasteiger partial charge in [0.15, 0.2) is 0 Å². The van der Waals surface area contributed by atoms with E-state index in [1.807, 2.05) is 0 Å². The summed E-state index contributed by atoms with van der Waals surface area (Å²) >= 11 is 0. The van der Waals surface area contributed by atoms with Crippen LogP contribution in [0.25, 0.3) is 0 Å². The summed E-state index contributed by atoms with van der Waals surface area (Å²) in [6.07, 6.45) is 0.472. The van der Waals surface area contributed by atoms with Crippen molar-refractivity contribution >= 4 is 0 Å². The van der Waals surface area contributed by atoms with Gasteiger partial charge >= 0.3 is 0 Å². The van der Waals surface area contributed by atoms with Crippen LogP contribution in [0.15, 0.2) is 0 Å². The first-order chi connectivity index (χ1) is 7.69. The van der Waals surface area contributed by atoms with Crippen LogP contribution in [0.4, 0.5) is 0 Å². The second-order valence-corrected chi connectivity index (χ2v) is 4.01. The van der Waals surface area contributed by atoms with Crippen molar-refractivity contribution in [1.29, 1.82) is 0 Å². The Hall–Kier alpha value is -0.120. The van der Waals surface area contributed by atoms with Gasteiger partial charge in [0, 0.05) is 0 Å². The number of nitrogens with zero attached hydrogens (tertiary/aromatic N) is 3. The summed E-state index contributed by atoms with van der Waals surface area (Å²) in [5.41, 5.74) is 0. The largest absolute Gasteiger partial charge is 0.276 e. The molecule has 0 saturated heterocycles. The molecule has 0 aliphatic heterocycles. The molecule has 16 heavy (non-hydrogen) atoms. The minimum Gasteiger partial charge on any atom is -0.276 e. The molecule has 0 aromatic heterocycles. The van der Waals surface area contributed by atoms with Crippen molar-refractivity contribution in [2.75, 3.05) is 39.3 Å². The average molecular weight is 229 g/mol. The molecule has 0 aromatic rings. The Morgan fingerprint density at radius 2 is 0.688 bits per heavy atom. The first-order valence-electron chi connectivity index (χ1n) is 6.91. The Morgan fingerprint density at radius 3 is 0.812 bits per heavy atom. The fourth-order valence-corrected chi connectivity index (χ4v) is 2.34. The molecule has 0 unspecified atom stereocenters. The molecule has 0 aliphatic carbocycles. The summed E-state index contributed by atoms with van der Waals surface area (Å²) in [5.74, 6) is 0. The minimum atomic E-state index is 0.472. The van der Waals surface area contributed by atoms with Crippen LogP contribution >= 0.6 is 0 Å². The fraction of sp³-hybridized carbons (Fsp3) is 1.00. The zero-order valence-electron chi connectivity index (χ0n) is 12.2. The molecule has 0 rings (SSSR count). The van der Waals surface area contributed by atoms with E-state index in [1.54, 1.807) is 0 Å². The van der Waals surface area contributed by atoms with Crippen LogP contribution in [0, 0.1) is 0 Å². The molecule has 0 spiro atoms. The molecule has 0 saturated carbocycles. The van der Waals surface area contributed by atoms with Crippen LogP contribution in [0.3, 0.4) is 0 Å². The number of hydrogen-bond donors (Lipinski definition) is 0. The third-order valence-electron chi connectivity index (χ3n) is 3.42. The van der Waals surface area contributed by atoms with E-state index in [2.05, 4.69) is 56.2 Å². The van der Waals surface area contributed by atoms with E-state index in [-0.39, 0.29) is 0 Å². The van der Waals surface area contributed by atoms with Gasteiger partial charge in [-0.2, -0.15) is 0 Å². The molecule has 0 N–H and O–H groups in total. The smallest absolute Gasteiger partial charge is 0.119 e. The van der Waals surface area contributed by atoms with Crippen molar-refractivity contribution in [3.8, 4) is 0 Å². The third kappa shape index (κ3) is 4.04. The summed E-state index contributed by atoms with van der Waals surface area (Å²) in [4.78, 5) is 7.63. The lowest BCUT2D eigenvalue weighted by molar-refractivity contribution is -0.0594. The third-order valence-corrected chi connectivity index (χ3v) is 3.42. The zero-order valence-corrected chi connectivity index (χ0v) is 12.2. The van der Waals surface area contributed by atoms with Crippen LogP contribution in [-0.4, -0.2) is 60.3 Å². The number of hydrogen-bond acceptors (Lipinski definition) is 3. The number of rotatable bonds is 9. The van der Waals surface area contributed by atoms with E-state index in [9.17, 15) is 0 Å². The predicted octanol–water partition coefficient (Wildman–Crippen LogP) is 2.30. The van der Waals surface area contributed by atoms with Gasteiger partial charge in [0.05, 0.1) is 0 Å². The Balaban J connectivity index is 4.84. The lowest BCUT2D eigenvalue weighted by Gasteiger charge is -2.44. The maximum atomic E-state index is 2.54. The Morgan fingerprint density at radius 1 is 0.500 bits per heavy atom. The molecule has 0 bridgehead atoms. The van der Waals surface area contributed by atoms with Gasteiger partial charge in [-0.1, -0.05) is 41.5 Å². The summed E-state index contributed by atoms with van der Waals surface area (Å²) < 4.78 is 0. The average Bonchev–Trinajstić information content (AvgIpc) is 2.33. The van der Waals surface area contributed by atoms with Crippen molar-refractivity contribution in [3.63, 3.8) is 0 Å². The van der Waals surface area contributed by atoms with Gasteiger partial charge in [0.2, 0.25) is 0 Å². The maximum absolute atomic E-state index is 2.54. The highest BCUT2D eigenvalue weighted by atomic mass is 15.5. The van der Waals surface area contributed by atoms with Gasteiger partial charge in [-0.3, -0.25) is 14.7 Å². The zero-order chi connectivity index (χ0) is 12.6. The lowest BCUT2D eigenvalue weighted by atomic mass is 10.3. The fourth-order valence-electron chi connectivity index (χ4n) is 2.34. The SMILES string of the molecule is CCN(CC)C(N(CC)CC)N(CC)CC. The van der Waals surface area contributed by atoms with Gasteiger partial charge in [0.1, 0.15) is 6.29 Å². The van der Waals surface area contributed by atoms with Crippen molar-refractivity contribution in [2.45, 2.75) is 47.8 Å². The Labute approximate surface area is 102 Å². The van der Waals surface area contributed by atoms with E-state index >= 15 is 0 Å². The summed E-state index contributed by atoms with van der Waals surface area (Å²) in [5, 5.41) is 0. The van der Waals surface area contributed by atoms with E-state index in [0.29, 0.717) is 6.29 Å². The Bertz CT molecular complexity index is 121. The van der Waals surface area contributed by atoms with Crippen LogP contribution < -0.4 is 0 Å². The molecular formula is C13H31N3. The van der Waals surface area contributed by atoms with Crippen molar-refractivity contribution in [3.05, 3.63) is 0 Å². The quantitative estimate of drug-likeness (QED) is 0.562. The normalized spacial score (nSPS) is 12.4. The molecule has 3 heteroatoms. The molecular weight excluding hydrogens is 198 g/mol. The first kappa shape index (κ1) is 15.9. The second-order valence-electron chi connectivity index (χ2n) is 4.01. The van der Waals surface area contributed by atoms with E-state index in [0.717, 1.165) is 39.3 Å². The van der Waals surface area contributed by atoms with Crippen molar-refractivity contribution in [1.82, 2.24) is 14.7 Å².